The lowest BCUT2D eigenvalue weighted by Crippen LogP contribution is -2.34. The molecule has 24 heavy (non-hydrogen) atoms. The minimum atomic E-state index is -0.0963. The van der Waals surface area contributed by atoms with E-state index in [0.717, 1.165) is 18.5 Å². The molecule has 0 unspecified atom stereocenters. The Morgan fingerprint density at radius 3 is 2.79 bits per heavy atom. The van der Waals surface area contributed by atoms with Crippen LogP contribution in [0.5, 0.6) is 0 Å². The summed E-state index contributed by atoms with van der Waals surface area (Å²) >= 11 is 0. The molecule has 0 bridgehead atoms. The third-order valence-electron chi connectivity index (χ3n) is 4.61. The molecule has 0 radical (unpaired) electrons. The number of rotatable bonds is 3. The number of nitrogens with zero attached hydrogens (tertiary/aromatic N) is 3. The Hall–Kier alpha value is -2.63. The van der Waals surface area contributed by atoms with Crippen molar-refractivity contribution in [2.45, 2.75) is 44.6 Å². The smallest absolute Gasteiger partial charge is 0.256 e. The van der Waals surface area contributed by atoms with Gasteiger partial charge in [0.25, 0.3) is 5.91 Å². The largest absolute Gasteiger partial charge is 0.463 e. The van der Waals surface area contributed by atoms with Gasteiger partial charge >= 0.3 is 0 Å². The molecule has 0 saturated heterocycles. The fourth-order valence-electron chi connectivity index (χ4n) is 3.35. The summed E-state index contributed by atoms with van der Waals surface area (Å²) in [5, 5.41) is 7.49. The average Bonchev–Trinajstić information content (AvgIpc) is 3.21. The number of nitrogens with one attached hydrogen (secondary N) is 1. The van der Waals surface area contributed by atoms with Crippen molar-refractivity contribution in [3.05, 3.63) is 42.4 Å². The molecule has 6 heteroatoms. The zero-order valence-electron chi connectivity index (χ0n) is 13.4. The highest BCUT2D eigenvalue weighted by molar-refractivity contribution is 6.00. The zero-order chi connectivity index (χ0) is 16.4. The molecule has 3 aromatic rings. The average molecular weight is 324 g/mol. The quantitative estimate of drug-likeness (QED) is 0.749. The lowest BCUT2D eigenvalue weighted by atomic mass is 10.1. The van der Waals surface area contributed by atoms with Crippen molar-refractivity contribution in [3.63, 3.8) is 0 Å². The van der Waals surface area contributed by atoms with Gasteiger partial charge in [-0.05, 0) is 31.0 Å². The fourth-order valence-corrected chi connectivity index (χ4v) is 3.35. The second-order valence-corrected chi connectivity index (χ2v) is 6.26. The molecule has 1 fully saturated rings. The lowest BCUT2D eigenvalue weighted by molar-refractivity contribution is 0.0935. The molecule has 1 aliphatic carbocycles. The van der Waals surface area contributed by atoms with E-state index in [4.69, 9.17) is 4.42 Å². The first-order chi connectivity index (χ1) is 11.8. The van der Waals surface area contributed by atoms with E-state index >= 15 is 0 Å². The summed E-state index contributed by atoms with van der Waals surface area (Å²) in [4.78, 5) is 17.0. The molecule has 124 valence electrons. The Morgan fingerprint density at radius 1 is 1.21 bits per heavy atom. The zero-order valence-corrected chi connectivity index (χ0v) is 13.4. The molecule has 0 atom stereocenters. The summed E-state index contributed by atoms with van der Waals surface area (Å²) in [6.07, 6.45) is 11.9. The molecule has 3 aromatic heterocycles. The normalized spacial score (nSPS) is 16.2. The summed E-state index contributed by atoms with van der Waals surface area (Å²) in [5.74, 6) is 0.599. The summed E-state index contributed by atoms with van der Waals surface area (Å²) in [5.41, 5.74) is 1.83. The first-order valence-electron chi connectivity index (χ1n) is 8.50. The van der Waals surface area contributed by atoms with Gasteiger partial charge in [0, 0.05) is 12.2 Å². The van der Waals surface area contributed by atoms with Crippen molar-refractivity contribution >= 4 is 11.6 Å². The summed E-state index contributed by atoms with van der Waals surface area (Å²) in [6.45, 7) is 0. The Morgan fingerprint density at radius 2 is 2.04 bits per heavy atom. The molecular formula is C18H20N4O2. The van der Waals surface area contributed by atoms with Gasteiger partial charge in [0.2, 0.25) is 0 Å². The van der Waals surface area contributed by atoms with Crippen LogP contribution >= 0.6 is 0 Å². The maximum Gasteiger partial charge on any atom is 0.256 e. The molecular weight excluding hydrogens is 304 g/mol. The van der Waals surface area contributed by atoms with Crippen LogP contribution in [0.1, 0.15) is 48.9 Å². The lowest BCUT2D eigenvalue weighted by Gasteiger charge is -2.15. The molecule has 1 N–H and O–H groups in total. The molecule has 4 rings (SSSR count). The number of carbonyl (C=O) groups is 1. The molecule has 6 nitrogen and oxygen atoms in total. The van der Waals surface area contributed by atoms with E-state index in [-0.39, 0.29) is 11.9 Å². The van der Waals surface area contributed by atoms with Crippen molar-refractivity contribution in [2.75, 3.05) is 0 Å². The maximum absolute atomic E-state index is 12.7. The number of carbonyl (C=O) groups excluding carboxylic acids is 1. The third-order valence-corrected chi connectivity index (χ3v) is 4.61. The van der Waals surface area contributed by atoms with E-state index < -0.39 is 0 Å². The number of amides is 1. The highest BCUT2D eigenvalue weighted by atomic mass is 16.3. The Kier molecular flexibility index (Phi) is 4.02. The highest BCUT2D eigenvalue weighted by Crippen LogP contribution is 2.22. The van der Waals surface area contributed by atoms with E-state index in [1.807, 2.05) is 18.2 Å². The van der Waals surface area contributed by atoms with Crippen molar-refractivity contribution in [2.24, 2.45) is 0 Å². The predicted molar refractivity (Wildman–Crippen MR) is 89.6 cm³/mol. The minimum absolute atomic E-state index is 0.0963. The second-order valence-electron chi connectivity index (χ2n) is 6.26. The van der Waals surface area contributed by atoms with Gasteiger partial charge in [-0.3, -0.25) is 4.79 Å². The van der Waals surface area contributed by atoms with E-state index in [0.29, 0.717) is 17.0 Å². The van der Waals surface area contributed by atoms with Gasteiger partial charge in [-0.25, -0.2) is 9.50 Å². The number of fused-ring (bicyclic) bond motifs is 1. The third kappa shape index (κ3) is 2.79. The second kappa shape index (κ2) is 6.47. The fraction of sp³-hybridized carbons (Fsp3) is 0.389. The SMILES string of the molecule is O=C(NC1CCCCCC1)c1cnn2c(-c3ccco3)ccnc12. The van der Waals surface area contributed by atoms with Crippen molar-refractivity contribution in [1.29, 1.82) is 0 Å². The Labute approximate surface area is 139 Å². The number of aromatic nitrogens is 3. The standard InChI is InChI=1S/C18H20N4O2/c23-18(21-13-6-3-1-2-4-7-13)14-12-20-22-15(9-10-19-17(14)22)16-8-5-11-24-16/h5,8-13H,1-4,6-7H2,(H,21,23). The monoisotopic (exact) mass is 324 g/mol. The number of hydrogen-bond donors (Lipinski definition) is 1. The number of furan rings is 1. The van der Waals surface area contributed by atoms with Crippen LogP contribution in [0.25, 0.3) is 17.1 Å². The Balaban J connectivity index is 1.62. The van der Waals surface area contributed by atoms with Crippen molar-refractivity contribution in [3.8, 4) is 11.5 Å². The Bertz CT molecular complexity index is 830. The van der Waals surface area contributed by atoms with Gasteiger partial charge in [0.1, 0.15) is 11.3 Å². The molecule has 1 amide bonds. The molecule has 1 saturated carbocycles. The van der Waals surface area contributed by atoms with E-state index in [1.165, 1.54) is 25.7 Å². The summed E-state index contributed by atoms with van der Waals surface area (Å²) in [6, 6.07) is 5.77. The van der Waals surface area contributed by atoms with Crippen LogP contribution in [0.15, 0.2) is 41.3 Å². The molecule has 0 aliphatic heterocycles. The first-order valence-corrected chi connectivity index (χ1v) is 8.50. The van der Waals surface area contributed by atoms with Crippen LogP contribution in [-0.4, -0.2) is 26.5 Å². The van der Waals surface area contributed by atoms with Gasteiger partial charge in [-0.1, -0.05) is 25.7 Å². The van der Waals surface area contributed by atoms with Crippen molar-refractivity contribution in [1.82, 2.24) is 19.9 Å². The molecule has 0 spiro atoms. The van der Waals surface area contributed by atoms with Crippen molar-refractivity contribution < 1.29 is 9.21 Å². The van der Waals surface area contributed by atoms with Crippen LogP contribution in [0.4, 0.5) is 0 Å². The van der Waals surface area contributed by atoms with Gasteiger partial charge in [0.15, 0.2) is 11.4 Å². The maximum atomic E-state index is 12.7. The van der Waals surface area contributed by atoms with Gasteiger partial charge < -0.3 is 9.73 Å². The molecule has 1 aliphatic rings. The van der Waals surface area contributed by atoms with Crippen LogP contribution in [0, 0.1) is 0 Å². The van der Waals surface area contributed by atoms with Gasteiger partial charge in [0.05, 0.1) is 12.5 Å². The van der Waals surface area contributed by atoms with E-state index in [9.17, 15) is 4.79 Å². The topological polar surface area (TPSA) is 72.4 Å². The van der Waals surface area contributed by atoms with Crippen LogP contribution in [-0.2, 0) is 0 Å². The summed E-state index contributed by atoms with van der Waals surface area (Å²) in [7, 11) is 0. The van der Waals surface area contributed by atoms with E-state index in [1.54, 1.807) is 23.2 Å². The number of hydrogen-bond acceptors (Lipinski definition) is 4. The van der Waals surface area contributed by atoms with Crippen LogP contribution in [0.3, 0.4) is 0 Å². The van der Waals surface area contributed by atoms with Gasteiger partial charge in [-0.2, -0.15) is 5.10 Å². The highest BCUT2D eigenvalue weighted by Gasteiger charge is 2.20. The van der Waals surface area contributed by atoms with Crippen LogP contribution in [0.2, 0.25) is 0 Å². The predicted octanol–water partition coefficient (Wildman–Crippen LogP) is 3.44. The summed E-state index contributed by atoms with van der Waals surface area (Å²) < 4.78 is 7.10. The minimum Gasteiger partial charge on any atom is -0.463 e. The van der Waals surface area contributed by atoms with E-state index in [2.05, 4.69) is 15.4 Å². The molecule has 0 aromatic carbocycles. The molecule has 3 heterocycles. The van der Waals surface area contributed by atoms with Crippen LogP contribution < -0.4 is 5.32 Å². The first kappa shape index (κ1) is 14.9. The van der Waals surface area contributed by atoms with Gasteiger partial charge in [-0.15, -0.1) is 0 Å².